The largest absolute Gasteiger partial charge is 0.351 e. The molecule has 6 nitrogen and oxygen atoms in total. The Hall–Kier alpha value is -2.02. The predicted molar refractivity (Wildman–Crippen MR) is 83.0 cm³/mol. The number of imide groups is 1. The van der Waals surface area contributed by atoms with Gasteiger partial charge < -0.3 is 10.7 Å². The van der Waals surface area contributed by atoms with E-state index in [9.17, 15) is 9.59 Å². The summed E-state index contributed by atoms with van der Waals surface area (Å²) in [6, 6.07) is 5.07. The molecule has 0 radical (unpaired) electrons. The van der Waals surface area contributed by atoms with Gasteiger partial charge in [-0.25, -0.2) is 9.78 Å². The Bertz CT molecular complexity index is 681. The quantitative estimate of drug-likeness (QED) is 0.754. The van der Waals surface area contributed by atoms with Crippen LogP contribution in [-0.4, -0.2) is 27.2 Å². The Kier molecular flexibility index (Phi) is 4.52. The van der Waals surface area contributed by atoms with Crippen LogP contribution in [0, 0.1) is 12.8 Å². The summed E-state index contributed by atoms with van der Waals surface area (Å²) in [5, 5.41) is 2.33. The van der Waals surface area contributed by atoms with Crippen LogP contribution in [0.25, 0.3) is 11.0 Å². The lowest BCUT2D eigenvalue weighted by Gasteiger charge is -2.17. The van der Waals surface area contributed by atoms with Crippen LogP contribution in [0.1, 0.15) is 19.4 Å². The number of amides is 3. The Morgan fingerprint density at radius 1 is 1.38 bits per heavy atom. The molecular weight excluding hydrogens is 288 g/mol. The van der Waals surface area contributed by atoms with Crippen molar-refractivity contribution in [3.05, 3.63) is 23.8 Å². The highest BCUT2D eigenvalue weighted by atomic mass is 32.2. The number of aromatic amines is 1. The zero-order valence-corrected chi connectivity index (χ0v) is 13.0. The fourth-order valence-electron chi connectivity index (χ4n) is 1.96. The Balaban J connectivity index is 2.22. The topological polar surface area (TPSA) is 101 Å². The second-order valence-electron chi connectivity index (χ2n) is 5.20. The summed E-state index contributed by atoms with van der Waals surface area (Å²) < 4.78 is 0. The molecular formula is C14H18N4O2S. The molecule has 0 saturated heterocycles. The third-order valence-electron chi connectivity index (χ3n) is 2.96. The summed E-state index contributed by atoms with van der Waals surface area (Å²) in [7, 11) is 0. The molecule has 0 bridgehead atoms. The van der Waals surface area contributed by atoms with Gasteiger partial charge in [0.1, 0.15) is 0 Å². The van der Waals surface area contributed by atoms with Crippen molar-refractivity contribution < 1.29 is 9.59 Å². The molecule has 0 saturated carbocycles. The Morgan fingerprint density at radius 3 is 2.71 bits per heavy atom. The zero-order valence-electron chi connectivity index (χ0n) is 12.1. The number of fused-ring (bicyclic) bond motifs is 1. The summed E-state index contributed by atoms with van der Waals surface area (Å²) in [5.41, 5.74) is 7.91. The van der Waals surface area contributed by atoms with Crippen molar-refractivity contribution in [3.63, 3.8) is 0 Å². The minimum atomic E-state index is -0.841. The van der Waals surface area contributed by atoms with Crippen LogP contribution in [0.5, 0.6) is 0 Å². The standard InChI is InChI=1S/C14H18N4O2S/c1-7(2)11(12(19)18-13(15)20)21-14-16-9-5-4-8(3)6-10(9)17-14/h4-7,11H,1-3H3,(H,16,17)(H3,15,18,19,20). The molecule has 112 valence electrons. The molecule has 4 N–H and O–H groups in total. The molecule has 1 heterocycles. The van der Waals surface area contributed by atoms with Crippen LogP contribution in [0.4, 0.5) is 4.79 Å². The number of benzene rings is 1. The van der Waals surface area contributed by atoms with Gasteiger partial charge in [-0.1, -0.05) is 31.7 Å². The number of rotatable bonds is 4. The van der Waals surface area contributed by atoms with E-state index in [1.165, 1.54) is 11.8 Å². The molecule has 7 heteroatoms. The lowest BCUT2D eigenvalue weighted by atomic mass is 10.1. The van der Waals surface area contributed by atoms with Crippen LogP contribution in [-0.2, 0) is 4.79 Å². The van der Waals surface area contributed by atoms with E-state index >= 15 is 0 Å². The molecule has 0 spiro atoms. The van der Waals surface area contributed by atoms with Crippen LogP contribution in [0.3, 0.4) is 0 Å². The highest BCUT2D eigenvalue weighted by Gasteiger charge is 2.25. The summed E-state index contributed by atoms with van der Waals surface area (Å²) in [6.45, 7) is 5.82. The number of thioether (sulfide) groups is 1. The van der Waals surface area contributed by atoms with E-state index in [2.05, 4.69) is 15.3 Å². The maximum Gasteiger partial charge on any atom is 0.318 e. The van der Waals surface area contributed by atoms with Gasteiger partial charge in [-0.15, -0.1) is 0 Å². The number of carbonyl (C=O) groups excluding carboxylic acids is 2. The van der Waals surface area contributed by atoms with Gasteiger partial charge in [-0.3, -0.25) is 10.1 Å². The highest BCUT2D eigenvalue weighted by Crippen LogP contribution is 2.28. The summed E-state index contributed by atoms with van der Waals surface area (Å²) >= 11 is 1.29. The van der Waals surface area contributed by atoms with Gasteiger partial charge in [-0.2, -0.15) is 0 Å². The van der Waals surface area contributed by atoms with Crippen molar-refractivity contribution in [2.24, 2.45) is 11.7 Å². The Labute approximate surface area is 126 Å². The molecule has 3 amide bonds. The fourth-order valence-corrected chi connectivity index (χ4v) is 2.96. The molecule has 0 aliphatic carbocycles. The number of nitrogens with two attached hydrogens (primary N) is 1. The first-order valence-electron chi connectivity index (χ1n) is 6.60. The van der Waals surface area contributed by atoms with Gasteiger partial charge in [0.25, 0.3) is 0 Å². The van der Waals surface area contributed by atoms with Crippen LogP contribution in [0.2, 0.25) is 0 Å². The molecule has 0 aliphatic rings. The number of hydrogen-bond acceptors (Lipinski definition) is 4. The molecule has 1 aromatic carbocycles. The van der Waals surface area contributed by atoms with Crippen molar-refractivity contribution in [2.45, 2.75) is 31.2 Å². The molecule has 0 fully saturated rings. The normalized spacial score (nSPS) is 12.6. The lowest BCUT2D eigenvalue weighted by Crippen LogP contribution is -2.42. The van der Waals surface area contributed by atoms with Crippen LogP contribution < -0.4 is 11.1 Å². The van der Waals surface area contributed by atoms with Crippen molar-refractivity contribution in [2.75, 3.05) is 0 Å². The van der Waals surface area contributed by atoms with E-state index < -0.39 is 17.2 Å². The van der Waals surface area contributed by atoms with E-state index in [1.807, 2.05) is 39.0 Å². The number of hydrogen-bond donors (Lipinski definition) is 3. The number of aryl methyl sites for hydroxylation is 1. The second-order valence-corrected chi connectivity index (χ2v) is 6.33. The number of nitrogens with one attached hydrogen (secondary N) is 2. The van der Waals surface area contributed by atoms with E-state index in [0.717, 1.165) is 16.6 Å². The maximum atomic E-state index is 12.0. The molecule has 2 aromatic rings. The van der Waals surface area contributed by atoms with Crippen LogP contribution in [0.15, 0.2) is 23.4 Å². The first-order valence-corrected chi connectivity index (χ1v) is 7.48. The minimum absolute atomic E-state index is 0.0318. The van der Waals surface area contributed by atoms with Crippen molar-refractivity contribution >= 4 is 34.7 Å². The van der Waals surface area contributed by atoms with Gasteiger partial charge in [0.15, 0.2) is 5.16 Å². The molecule has 1 atom stereocenters. The van der Waals surface area contributed by atoms with E-state index in [1.54, 1.807) is 0 Å². The minimum Gasteiger partial charge on any atom is -0.351 e. The molecule has 2 rings (SSSR count). The second kappa shape index (κ2) is 6.17. The molecule has 21 heavy (non-hydrogen) atoms. The van der Waals surface area contributed by atoms with E-state index in [0.29, 0.717) is 5.16 Å². The van der Waals surface area contributed by atoms with Gasteiger partial charge in [-0.05, 0) is 30.5 Å². The number of imidazole rings is 1. The monoisotopic (exact) mass is 306 g/mol. The summed E-state index contributed by atoms with van der Waals surface area (Å²) in [6.07, 6.45) is 0. The third kappa shape index (κ3) is 3.75. The average molecular weight is 306 g/mol. The number of primary amides is 1. The highest BCUT2D eigenvalue weighted by molar-refractivity contribution is 8.00. The lowest BCUT2D eigenvalue weighted by molar-refractivity contribution is -0.120. The first kappa shape index (κ1) is 15.4. The molecule has 0 aliphatic heterocycles. The Morgan fingerprint density at radius 2 is 2.10 bits per heavy atom. The van der Waals surface area contributed by atoms with E-state index in [-0.39, 0.29) is 5.92 Å². The number of carbonyl (C=O) groups is 2. The van der Waals surface area contributed by atoms with Gasteiger partial charge >= 0.3 is 6.03 Å². The maximum absolute atomic E-state index is 12.0. The van der Waals surface area contributed by atoms with E-state index in [4.69, 9.17) is 5.73 Å². The third-order valence-corrected chi connectivity index (χ3v) is 4.39. The van der Waals surface area contributed by atoms with Gasteiger partial charge in [0, 0.05) is 0 Å². The fraction of sp³-hybridized carbons (Fsp3) is 0.357. The number of H-pyrrole nitrogens is 1. The summed E-state index contributed by atoms with van der Waals surface area (Å²) in [5.74, 6) is -0.372. The SMILES string of the molecule is Cc1ccc2nc(SC(C(=O)NC(N)=O)C(C)C)[nH]c2c1. The predicted octanol–water partition coefficient (Wildman–Crippen LogP) is 2.18. The van der Waals surface area contributed by atoms with Crippen molar-refractivity contribution in [1.29, 1.82) is 0 Å². The van der Waals surface area contributed by atoms with Crippen molar-refractivity contribution in [1.82, 2.24) is 15.3 Å². The smallest absolute Gasteiger partial charge is 0.318 e. The average Bonchev–Trinajstić information content (AvgIpc) is 2.76. The van der Waals surface area contributed by atoms with Gasteiger partial charge in [0.05, 0.1) is 16.3 Å². The van der Waals surface area contributed by atoms with Crippen molar-refractivity contribution in [3.8, 4) is 0 Å². The van der Waals surface area contributed by atoms with Crippen LogP contribution >= 0.6 is 11.8 Å². The zero-order chi connectivity index (χ0) is 15.6. The molecule has 1 aromatic heterocycles. The number of aromatic nitrogens is 2. The molecule has 1 unspecified atom stereocenters. The number of nitrogens with zero attached hydrogens (tertiary/aromatic N) is 1. The summed E-state index contributed by atoms with van der Waals surface area (Å²) in [4.78, 5) is 30.5. The first-order chi connectivity index (χ1) is 9.86. The number of urea groups is 1. The van der Waals surface area contributed by atoms with Gasteiger partial charge in [0.2, 0.25) is 5.91 Å².